The van der Waals surface area contributed by atoms with E-state index in [1.165, 1.54) is 12.1 Å². The van der Waals surface area contributed by atoms with Crippen LogP contribution >= 0.6 is 38.2 Å². The molecule has 17 heavy (non-hydrogen) atoms. The van der Waals surface area contributed by atoms with E-state index in [0.717, 1.165) is 0 Å². The van der Waals surface area contributed by atoms with E-state index in [0.29, 0.717) is 10.2 Å². The molecule has 0 saturated heterocycles. The molecule has 1 rings (SSSR count). The molecule has 3 nitrogen and oxygen atoms in total. The van der Waals surface area contributed by atoms with Crippen LogP contribution in [0.1, 0.15) is 0 Å². The molecule has 0 aliphatic heterocycles. The summed E-state index contributed by atoms with van der Waals surface area (Å²) in [6.07, 6.45) is 0. The highest BCUT2D eigenvalue weighted by molar-refractivity contribution is 9.10. The molecule has 0 saturated carbocycles. The van der Waals surface area contributed by atoms with Gasteiger partial charge >= 0.3 is 0 Å². The minimum atomic E-state index is -3.79. The quantitative estimate of drug-likeness (QED) is 0.584. The molecule has 0 N–H and O–H groups in total. The van der Waals surface area contributed by atoms with E-state index in [4.69, 9.17) is 26.7 Å². The Bertz CT molecular complexity index is 517. The molecule has 0 spiro atoms. The van der Waals surface area contributed by atoms with Crippen molar-refractivity contribution < 1.29 is 12.8 Å². The van der Waals surface area contributed by atoms with E-state index < -0.39 is 17.4 Å². The molecule has 0 atom stereocenters. The lowest BCUT2D eigenvalue weighted by Crippen LogP contribution is -2.29. The van der Waals surface area contributed by atoms with Gasteiger partial charge in [-0.1, -0.05) is 11.6 Å². The van der Waals surface area contributed by atoms with E-state index in [1.807, 2.05) is 19.6 Å². The lowest BCUT2D eigenvalue weighted by atomic mass is 10.3. The third kappa shape index (κ3) is 4.44. The predicted molar refractivity (Wildman–Crippen MR) is 76.2 cm³/mol. The van der Waals surface area contributed by atoms with Gasteiger partial charge in [0.15, 0.2) is 0 Å². The fourth-order valence-corrected chi connectivity index (χ4v) is 4.04. The van der Waals surface area contributed by atoms with E-state index in [2.05, 4.69) is 15.9 Å². The molecule has 0 aliphatic rings. The van der Waals surface area contributed by atoms with Gasteiger partial charge in [0.2, 0.25) is 8.32 Å². The van der Waals surface area contributed by atoms with Gasteiger partial charge in [0, 0.05) is 10.7 Å². The van der Waals surface area contributed by atoms with Crippen LogP contribution in [0.5, 0.6) is 5.75 Å². The average molecular weight is 378 g/mol. The third-order valence-corrected chi connectivity index (χ3v) is 4.68. The second-order valence-corrected chi connectivity index (χ2v) is 12.6. The lowest BCUT2D eigenvalue weighted by Gasteiger charge is -2.21. The summed E-state index contributed by atoms with van der Waals surface area (Å²) in [5, 5.41) is 0.223. The molecule has 0 unspecified atom stereocenters. The second-order valence-electron chi connectivity index (χ2n) is 4.37. The number of hydrogen-bond donors (Lipinski definition) is 0. The molecule has 8 heteroatoms. The summed E-state index contributed by atoms with van der Waals surface area (Å²) in [7, 11) is -0.367. The van der Waals surface area contributed by atoms with Crippen molar-refractivity contribution in [3.05, 3.63) is 21.6 Å². The maximum Gasteiger partial charge on any atom is 0.261 e. The first kappa shape index (κ1) is 15.3. The molecule has 0 bridgehead atoms. The lowest BCUT2D eigenvalue weighted by molar-refractivity contribution is 0.553. The summed E-state index contributed by atoms with van der Waals surface area (Å²) in [6.45, 7) is 6.01. The molecular formula is C9H11BrCl2O3SSi. The Kier molecular flexibility index (Phi) is 4.58. The zero-order valence-corrected chi connectivity index (χ0v) is 14.3. The highest BCUT2D eigenvalue weighted by Gasteiger charge is 2.22. The minimum absolute atomic E-state index is 0.0565. The van der Waals surface area contributed by atoms with Gasteiger partial charge in [-0.3, -0.25) is 0 Å². The van der Waals surface area contributed by atoms with Crippen molar-refractivity contribution in [1.29, 1.82) is 0 Å². The predicted octanol–water partition coefficient (Wildman–Crippen LogP) is 4.24. The molecule has 1 aromatic rings. The van der Waals surface area contributed by atoms with Crippen molar-refractivity contribution in [3.8, 4) is 5.75 Å². The zero-order chi connectivity index (χ0) is 13.4. The summed E-state index contributed by atoms with van der Waals surface area (Å²) >= 11 is 9.22. The van der Waals surface area contributed by atoms with Gasteiger partial charge in [0.1, 0.15) is 5.75 Å². The third-order valence-electron chi connectivity index (χ3n) is 1.66. The summed E-state index contributed by atoms with van der Waals surface area (Å²) in [6, 6.07) is 2.66. The van der Waals surface area contributed by atoms with Crippen molar-refractivity contribution in [2.45, 2.75) is 24.5 Å². The van der Waals surface area contributed by atoms with Crippen LogP contribution in [0.4, 0.5) is 0 Å². The summed E-state index contributed by atoms with van der Waals surface area (Å²) in [5.74, 6) is 0.454. The van der Waals surface area contributed by atoms with Crippen molar-refractivity contribution >= 4 is 55.6 Å². The first-order valence-electron chi connectivity index (χ1n) is 4.63. The van der Waals surface area contributed by atoms with Crippen molar-refractivity contribution in [2.75, 3.05) is 0 Å². The van der Waals surface area contributed by atoms with Gasteiger partial charge in [-0.05, 0) is 47.7 Å². The Morgan fingerprint density at radius 3 is 2.18 bits per heavy atom. The molecule has 0 radical (unpaired) electrons. The first-order chi connectivity index (χ1) is 7.50. The molecule has 0 aromatic heterocycles. The summed E-state index contributed by atoms with van der Waals surface area (Å²) < 4.78 is 28.6. The Morgan fingerprint density at radius 1 is 1.29 bits per heavy atom. The Labute approximate surface area is 120 Å². The van der Waals surface area contributed by atoms with Crippen LogP contribution in [0.2, 0.25) is 24.7 Å². The van der Waals surface area contributed by atoms with Crippen molar-refractivity contribution in [2.24, 2.45) is 0 Å². The molecule has 96 valence electrons. The molecular weight excluding hydrogens is 367 g/mol. The monoisotopic (exact) mass is 376 g/mol. The maximum absolute atomic E-state index is 11.2. The Hall–Kier alpha value is 0.247. The SMILES string of the molecule is C[Si](C)(C)Oc1c(Cl)cc(S(=O)(=O)Cl)cc1Br. The number of hydrogen-bond acceptors (Lipinski definition) is 3. The van der Waals surface area contributed by atoms with Gasteiger partial charge in [0.05, 0.1) is 14.4 Å². The highest BCUT2D eigenvalue weighted by atomic mass is 79.9. The largest absolute Gasteiger partial charge is 0.543 e. The van der Waals surface area contributed by atoms with E-state index in [-0.39, 0.29) is 9.92 Å². The van der Waals surface area contributed by atoms with Crippen LogP contribution in [0.25, 0.3) is 0 Å². The Balaban J connectivity index is 3.30. The van der Waals surface area contributed by atoms with Gasteiger partial charge in [-0.25, -0.2) is 8.42 Å². The fourth-order valence-electron chi connectivity index (χ4n) is 1.08. The van der Waals surface area contributed by atoms with Crippen LogP contribution in [-0.2, 0) is 9.05 Å². The van der Waals surface area contributed by atoms with Crippen LogP contribution < -0.4 is 4.43 Å². The molecule has 1 aromatic carbocycles. The van der Waals surface area contributed by atoms with Crippen LogP contribution in [-0.4, -0.2) is 16.7 Å². The minimum Gasteiger partial charge on any atom is -0.543 e. The van der Waals surface area contributed by atoms with Crippen LogP contribution in [0.3, 0.4) is 0 Å². The summed E-state index contributed by atoms with van der Waals surface area (Å²) in [4.78, 5) is -0.0565. The summed E-state index contributed by atoms with van der Waals surface area (Å²) in [5.41, 5.74) is 0. The maximum atomic E-state index is 11.2. The number of halogens is 3. The van der Waals surface area contributed by atoms with Gasteiger partial charge < -0.3 is 4.43 Å². The zero-order valence-electron chi connectivity index (χ0n) is 9.42. The first-order valence-corrected chi connectivity index (χ1v) is 11.5. The normalized spacial score (nSPS) is 12.6. The Morgan fingerprint density at radius 2 is 1.82 bits per heavy atom. The van der Waals surface area contributed by atoms with Crippen LogP contribution in [0.15, 0.2) is 21.5 Å². The van der Waals surface area contributed by atoms with Crippen molar-refractivity contribution in [3.63, 3.8) is 0 Å². The molecule has 0 aliphatic carbocycles. The van der Waals surface area contributed by atoms with Gasteiger partial charge in [-0.15, -0.1) is 0 Å². The number of rotatable bonds is 3. The molecule has 0 fully saturated rings. The van der Waals surface area contributed by atoms with Gasteiger partial charge in [0.25, 0.3) is 9.05 Å². The molecule has 0 heterocycles. The van der Waals surface area contributed by atoms with E-state index in [1.54, 1.807) is 0 Å². The molecule has 0 amide bonds. The smallest absolute Gasteiger partial charge is 0.261 e. The van der Waals surface area contributed by atoms with E-state index in [9.17, 15) is 8.42 Å². The average Bonchev–Trinajstić information content (AvgIpc) is 2.07. The fraction of sp³-hybridized carbons (Fsp3) is 0.333. The second kappa shape index (κ2) is 5.09. The van der Waals surface area contributed by atoms with Gasteiger partial charge in [-0.2, -0.15) is 0 Å². The standard InChI is InChI=1S/C9H11BrCl2O3SSi/c1-17(2,3)15-9-7(10)4-6(5-8(9)11)16(12,13)14/h4-5H,1-3H3. The topological polar surface area (TPSA) is 43.4 Å². The van der Waals surface area contributed by atoms with Crippen LogP contribution in [0, 0.1) is 0 Å². The van der Waals surface area contributed by atoms with E-state index >= 15 is 0 Å². The number of benzene rings is 1. The van der Waals surface area contributed by atoms with Crippen molar-refractivity contribution in [1.82, 2.24) is 0 Å². The highest BCUT2D eigenvalue weighted by Crippen LogP contribution is 2.37.